The van der Waals surface area contributed by atoms with Gasteiger partial charge in [-0.1, -0.05) is 15.9 Å². The van der Waals surface area contributed by atoms with Crippen molar-refractivity contribution in [2.24, 2.45) is 0 Å². The van der Waals surface area contributed by atoms with Crippen molar-refractivity contribution >= 4 is 15.9 Å². The molecule has 0 aromatic carbocycles. The molecule has 7 nitrogen and oxygen atoms in total. The molecule has 3 N–H and O–H groups in total. The Balaban J connectivity index is 2.43. The van der Waals surface area contributed by atoms with Gasteiger partial charge in [0.1, 0.15) is 12.8 Å². The molecule has 1 fully saturated rings. The van der Waals surface area contributed by atoms with Gasteiger partial charge in [0, 0.05) is 6.20 Å². The second kappa shape index (κ2) is 5.53. The molecule has 19 heavy (non-hydrogen) atoms. The van der Waals surface area contributed by atoms with Gasteiger partial charge in [-0.25, -0.2) is 9.18 Å². The van der Waals surface area contributed by atoms with Gasteiger partial charge in [-0.2, -0.15) is 0 Å². The van der Waals surface area contributed by atoms with Gasteiger partial charge in [-0.15, -0.1) is 0 Å². The van der Waals surface area contributed by atoms with E-state index in [4.69, 9.17) is 9.84 Å². The molecule has 1 aromatic heterocycles. The van der Waals surface area contributed by atoms with Gasteiger partial charge >= 0.3 is 5.69 Å². The lowest BCUT2D eigenvalue weighted by Crippen LogP contribution is -2.36. The summed E-state index contributed by atoms with van der Waals surface area (Å²) in [5, 5.41) is 18.8. The van der Waals surface area contributed by atoms with Crippen LogP contribution in [0.3, 0.4) is 0 Å². The predicted molar refractivity (Wildman–Crippen MR) is 65.9 cm³/mol. The molecular weight excluding hydrogens is 327 g/mol. The summed E-state index contributed by atoms with van der Waals surface area (Å²) in [6.45, 7) is -1.45. The molecule has 0 aliphatic carbocycles. The Labute approximate surface area is 114 Å². The highest BCUT2D eigenvalue weighted by Crippen LogP contribution is 2.33. The number of nitrogens with zero attached hydrogens (tertiary/aromatic N) is 1. The average Bonchev–Trinajstić information content (AvgIpc) is 2.67. The Morgan fingerprint density at radius 1 is 1.53 bits per heavy atom. The second-order valence-corrected chi connectivity index (χ2v) is 5.19. The van der Waals surface area contributed by atoms with Gasteiger partial charge < -0.3 is 14.9 Å². The smallest absolute Gasteiger partial charge is 0.330 e. The van der Waals surface area contributed by atoms with Crippen LogP contribution in [-0.2, 0) is 11.4 Å². The Morgan fingerprint density at radius 3 is 2.74 bits per heavy atom. The number of aliphatic hydroxyl groups is 2. The molecule has 1 aliphatic rings. The summed E-state index contributed by atoms with van der Waals surface area (Å²) in [5.74, 6) is 0. The van der Waals surface area contributed by atoms with Crippen molar-refractivity contribution in [3.63, 3.8) is 0 Å². The van der Waals surface area contributed by atoms with Crippen LogP contribution >= 0.6 is 15.9 Å². The molecule has 106 valence electrons. The zero-order valence-electron chi connectivity index (χ0n) is 9.62. The number of hydrogen-bond donors (Lipinski definition) is 3. The summed E-state index contributed by atoms with van der Waals surface area (Å²) in [4.78, 5) is 24.2. The number of H-pyrrole nitrogens is 1. The molecule has 2 heterocycles. The minimum atomic E-state index is -1.03. The van der Waals surface area contributed by atoms with Gasteiger partial charge in [0.25, 0.3) is 5.56 Å². The number of nitrogens with one attached hydrogen (secondary N) is 1. The standard InChI is InChI=1S/C10H12BrFN2O5/c11-6-7(16)5(3-15)19-9(6)14-2-4(1-12)8(17)13-10(14)18/h2,5-7,9,15-16H,1,3H2,(H,13,17,18)/t5-,6?,7?,9-/m0/s1. The van der Waals surface area contributed by atoms with E-state index in [9.17, 15) is 19.1 Å². The molecule has 1 aliphatic heterocycles. The van der Waals surface area contributed by atoms with Crippen molar-refractivity contribution in [3.05, 3.63) is 32.6 Å². The maximum Gasteiger partial charge on any atom is 0.330 e. The summed E-state index contributed by atoms with van der Waals surface area (Å²) < 4.78 is 18.9. The first-order valence-electron chi connectivity index (χ1n) is 5.48. The van der Waals surface area contributed by atoms with Crippen LogP contribution in [-0.4, -0.2) is 43.4 Å². The number of aromatic nitrogens is 2. The lowest BCUT2D eigenvalue weighted by Gasteiger charge is -2.17. The topological polar surface area (TPSA) is 105 Å². The SMILES string of the molecule is O=c1[nH]c(=O)n([C@H]2O[C@@H](CO)C(O)C2Br)cc1CF. The molecule has 1 saturated heterocycles. The molecule has 0 bridgehead atoms. The number of halogens is 2. The largest absolute Gasteiger partial charge is 0.394 e. The Kier molecular flexibility index (Phi) is 4.19. The van der Waals surface area contributed by atoms with E-state index in [1.165, 1.54) is 0 Å². The molecule has 0 saturated carbocycles. The fraction of sp³-hybridized carbons (Fsp3) is 0.600. The van der Waals surface area contributed by atoms with Crippen LogP contribution in [0.4, 0.5) is 4.39 Å². The van der Waals surface area contributed by atoms with Crippen LogP contribution in [0, 0.1) is 0 Å². The Hall–Kier alpha value is -1.03. The zero-order chi connectivity index (χ0) is 14.2. The van der Waals surface area contributed by atoms with Crippen molar-refractivity contribution in [2.75, 3.05) is 6.61 Å². The quantitative estimate of drug-likeness (QED) is 0.614. The summed E-state index contributed by atoms with van der Waals surface area (Å²) >= 11 is 3.16. The fourth-order valence-corrected chi connectivity index (χ4v) is 2.61. The first-order valence-corrected chi connectivity index (χ1v) is 6.40. The van der Waals surface area contributed by atoms with Gasteiger partial charge in [0.15, 0.2) is 6.23 Å². The van der Waals surface area contributed by atoms with Crippen molar-refractivity contribution in [1.82, 2.24) is 9.55 Å². The summed E-state index contributed by atoms with van der Waals surface area (Å²) in [7, 11) is 0. The Morgan fingerprint density at radius 2 is 2.21 bits per heavy atom. The predicted octanol–water partition coefficient (Wildman–Crippen LogP) is -0.980. The van der Waals surface area contributed by atoms with E-state index < -0.39 is 47.8 Å². The zero-order valence-corrected chi connectivity index (χ0v) is 11.2. The molecule has 0 spiro atoms. The third kappa shape index (κ3) is 2.50. The number of aromatic amines is 1. The maximum absolute atomic E-state index is 12.6. The number of aliphatic hydroxyl groups excluding tert-OH is 2. The molecule has 9 heteroatoms. The molecule has 0 radical (unpaired) electrons. The van der Waals surface area contributed by atoms with Gasteiger partial charge in [0.05, 0.1) is 23.1 Å². The normalized spacial score (nSPS) is 30.7. The van der Waals surface area contributed by atoms with Crippen LogP contribution < -0.4 is 11.2 Å². The third-order valence-electron chi connectivity index (χ3n) is 2.93. The first kappa shape index (κ1) is 14.4. The van der Waals surface area contributed by atoms with Crippen molar-refractivity contribution in [1.29, 1.82) is 0 Å². The van der Waals surface area contributed by atoms with Crippen LogP contribution in [0.15, 0.2) is 15.8 Å². The van der Waals surface area contributed by atoms with Crippen LogP contribution in [0.5, 0.6) is 0 Å². The van der Waals surface area contributed by atoms with E-state index in [-0.39, 0.29) is 5.56 Å². The van der Waals surface area contributed by atoms with Crippen LogP contribution in [0.2, 0.25) is 0 Å². The monoisotopic (exact) mass is 338 g/mol. The van der Waals surface area contributed by atoms with Crippen LogP contribution in [0.25, 0.3) is 0 Å². The Bertz CT molecular complexity index is 574. The van der Waals surface area contributed by atoms with Crippen molar-refractivity contribution < 1.29 is 19.3 Å². The lowest BCUT2D eigenvalue weighted by atomic mass is 10.2. The van der Waals surface area contributed by atoms with Crippen molar-refractivity contribution in [3.8, 4) is 0 Å². The molecule has 2 unspecified atom stereocenters. The molecule has 2 rings (SSSR count). The highest BCUT2D eigenvalue weighted by Gasteiger charge is 2.43. The second-order valence-electron chi connectivity index (χ2n) is 4.14. The minimum Gasteiger partial charge on any atom is -0.394 e. The molecule has 4 atom stereocenters. The van der Waals surface area contributed by atoms with E-state index in [1.54, 1.807) is 0 Å². The number of alkyl halides is 2. The number of rotatable bonds is 3. The number of ether oxygens (including phenoxy) is 1. The first-order chi connectivity index (χ1) is 8.99. The fourth-order valence-electron chi connectivity index (χ4n) is 1.89. The average molecular weight is 339 g/mol. The minimum absolute atomic E-state index is 0.218. The summed E-state index contributed by atoms with van der Waals surface area (Å²) in [6.07, 6.45) is -1.78. The van der Waals surface area contributed by atoms with Gasteiger partial charge in [-0.05, 0) is 0 Å². The van der Waals surface area contributed by atoms with Crippen LogP contribution in [0.1, 0.15) is 11.8 Å². The summed E-state index contributed by atoms with van der Waals surface area (Å²) in [5.41, 5.74) is -1.79. The lowest BCUT2D eigenvalue weighted by molar-refractivity contribution is -0.0457. The van der Waals surface area contributed by atoms with E-state index in [2.05, 4.69) is 15.9 Å². The van der Waals surface area contributed by atoms with E-state index in [1.807, 2.05) is 4.98 Å². The molecule has 1 aromatic rings. The highest BCUT2D eigenvalue weighted by molar-refractivity contribution is 9.09. The molecular formula is C10H12BrFN2O5. The van der Waals surface area contributed by atoms with Crippen molar-refractivity contribution in [2.45, 2.75) is 29.9 Å². The van der Waals surface area contributed by atoms with Gasteiger partial charge in [-0.3, -0.25) is 14.3 Å². The van der Waals surface area contributed by atoms with E-state index in [0.717, 1.165) is 10.8 Å². The number of hydrogen-bond acceptors (Lipinski definition) is 5. The molecule has 0 amide bonds. The van der Waals surface area contributed by atoms with E-state index in [0.29, 0.717) is 0 Å². The van der Waals surface area contributed by atoms with E-state index >= 15 is 0 Å². The highest BCUT2D eigenvalue weighted by atomic mass is 79.9. The van der Waals surface area contributed by atoms with Gasteiger partial charge in [0.2, 0.25) is 0 Å². The maximum atomic E-state index is 12.6. The summed E-state index contributed by atoms with van der Waals surface area (Å²) in [6, 6.07) is 0. The third-order valence-corrected chi connectivity index (χ3v) is 3.93.